The van der Waals surface area contributed by atoms with Crippen molar-refractivity contribution >= 4 is 0 Å². The molecule has 0 amide bonds. The van der Waals surface area contributed by atoms with Crippen molar-refractivity contribution in [1.82, 2.24) is 9.78 Å². The van der Waals surface area contributed by atoms with Crippen molar-refractivity contribution in [2.45, 2.75) is 39.2 Å². The number of benzene rings is 3. The van der Waals surface area contributed by atoms with Crippen molar-refractivity contribution in [2.75, 3.05) is 0 Å². The molecular weight excluding hydrogens is 434 g/mol. The Labute approximate surface area is 197 Å². The predicted molar refractivity (Wildman–Crippen MR) is 129 cm³/mol. The van der Waals surface area contributed by atoms with E-state index in [1.165, 1.54) is 28.9 Å². The van der Waals surface area contributed by atoms with E-state index in [1.54, 1.807) is 55.5 Å². The van der Waals surface area contributed by atoms with Crippen LogP contribution in [0.15, 0.2) is 77.6 Å². The van der Waals surface area contributed by atoms with E-state index in [2.05, 4.69) is 5.10 Å². The lowest BCUT2D eigenvalue weighted by Crippen LogP contribution is -2.32. The highest BCUT2D eigenvalue weighted by Gasteiger charge is 2.28. The molecule has 0 aliphatic rings. The molecule has 0 bridgehead atoms. The molecule has 1 heterocycles. The molecule has 1 N–H and O–H groups in total. The lowest BCUT2D eigenvalue weighted by molar-refractivity contribution is 0.475. The second kappa shape index (κ2) is 9.59. The van der Waals surface area contributed by atoms with Crippen molar-refractivity contribution in [2.24, 2.45) is 0 Å². The number of para-hydroxylation sites is 1. The number of aromatic hydroxyl groups is 1. The normalized spacial score (nSPS) is 12.2. The highest BCUT2D eigenvalue weighted by molar-refractivity contribution is 5.75. The fourth-order valence-electron chi connectivity index (χ4n) is 4.39. The van der Waals surface area contributed by atoms with Crippen LogP contribution in [-0.4, -0.2) is 14.9 Å². The summed E-state index contributed by atoms with van der Waals surface area (Å²) in [6.07, 6.45) is 0.262. The first kappa shape index (κ1) is 23.4. The Morgan fingerprint density at radius 2 is 1.62 bits per heavy atom. The molecule has 0 spiro atoms. The van der Waals surface area contributed by atoms with Gasteiger partial charge in [-0.25, -0.2) is 13.5 Å². The summed E-state index contributed by atoms with van der Waals surface area (Å²) in [4.78, 5) is 13.9. The third-order valence-electron chi connectivity index (χ3n) is 5.92. The monoisotopic (exact) mass is 460 g/mol. The minimum absolute atomic E-state index is 0.0131. The van der Waals surface area contributed by atoms with Gasteiger partial charge in [0.05, 0.1) is 11.7 Å². The van der Waals surface area contributed by atoms with Crippen LogP contribution in [0.4, 0.5) is 8.78 Å². The molecule has 6 heteroatoms. The summed E-state index contributed by atoms with van der Waals surface area (Å²) < 4.78 is 29.8. The molecule has 1 unspecified atom stereocenters. The second-order valence-electron chi connectivity index (χ2n) is 8.68. The number of aryl methyl sites for hydroxylation is 1. The van der Waals surface area contributed by atoms with E-state index in [-0.39, 0.29) is 29.6 Å². The summed E-state index contributed by atoms with van der Waals surface area (Å²) in [5, 5.41) is 15.2. The minimum Gasteiger partial charge on any atom is -0.507 e. The van der Waals surface area contributed by atoms with Crippen LogP contribution >= 0.6 is 0 Å². The Hall–Kier alpha value is -3.80. The number of aromatic nitrogens is 2. The van der Waals surface area contributed by atoms with E-state index < -0.39 is 11.7 Å². The van der Waals surface area contributed by atoms with Gasteiger partial charge in [-0.2, -0.15) is 5.10 Å². The molecule has 4 rings (SSSR count). The zero-order chi connectivity index (χ0) is 24.4. The van der Waals surface area contributed by atoms with Gasteiger partial charge in [-0.3, -0.25) is 4.79 Å². The van der Waals surface area contributed by atoms with Gasteiger partial charge in [-0.1, -0.05) is 42.5 Å². The van der Waals surface area contributed by atoms with Crippen LogP contribution in [0.2, 0.25) is 0 Å². The Balaban J connectivity index is 2.07. The summed E-state index contributed by atoms with van der Waals surface area (Å²) >= 11 is 0. The second-order valence-corrected chi connectivity index (χ2v) is 8.68. The van der Waals surface area contributed by atoms with Gasteiger partial charge in [0.25, 0.3) is 5.56 Å². The summed E-state index contributed by atoms with van der Waals surface area (Å²) in [6.45, 7) is 5.51. The molecule has 0 saturated heterocycles. The van der Waals surface area contributed by atoms with Crippen LogP contribution in [0.3, 0.4) is 0 Å². The molecular formula is C28H26F2N2O2. The molecule has 174 valence electrons. The summed E-state index contributed by atoms with van der Waals surface area (Å²) in [5.74, 6) is -1.41. The SMILES string of the molecule is Cc1nn(C(C)C)c(=O)c(C(Cc2cccc(F)c2)c2cccc(F)c2)c1-c1ccccc1O. The van der Waals surface area contributed by atoms with Crippen LogP contribution in [-0.2, 0) is 6.42 Å². The van der Waals surface area contributed by atoms with E-state index >= 15 is 0 Å². The first-order valence-electron chi connectivity index (χ1n) is 11.2. The Kier molecular flexibility index (Phi) is 6.59. The maximum Gasteiger partial charge on any atom is 0.271 e. The summed E-state index contributed by atoms with van der Waals surface area (Å²) in [5.41, 5.74) is 2.84. The average molecular weight is 461 g/mol. The third kappa shape index (κ3) is 4.62. The van der Waals surface area contributed by atoms with Gasteiger partial charge in [0.1, 0.15) is 17.4 Å². The molecule has 0 radical (unpaired) electrons. The quantitative estimate of drug-likeness (QED) is 0.375. The fourth-order valence-corrected chi connectivity index (χ4v) is 4.39. The van der Waals surface area contributed by atoms with Crippen molar-refractivity contribution in [3.63, 3.8) is 0 Å². The van der Waals surface area contributed by atoms with Crippen LogP contribution < -0.4 is 5.56 Å². The maximum absolute atomic E-state index is 14.3. The molecule has 0 saturated carbocycles. The van der Waals surface area contributed by atoms with E-state index in [9.17, 15) is 18.7 Å². The zero-order valence-corrected chi connectivity index (χ0v) is 19.3. The van der Waals surface area contributed by atoms with Gasteiger partial charge in [0, 0.05) is 22.6 Å². The average Bonchev–Trinajstić information content (AvgIpc) is 2.79. The topological polar surface area (TPSA) is 55.1 Å². The Bertz CT molecular complexity index is 1400. The van der Waals surface area contributed by atoms with E-state index in [0.717, 1.165) is 0 Å². The Morgan fingerprint density at radius 3 is 2.26 bits per heavy atom. The van der Waals surface area contributed by atoms with Crippen molar-refractivity contribution in [3.8, 4) is 16.9 Å². The van der Waals surface area contributed by atoms with Crippen LogP contribution in [0.5, 0.6) is 5.75 Å². The van der Waals surface area contributed by atoms with Crippen LogP contribution in [0.1, 0.15) is 48.2 Å². The van der Waals surface area contributed by atoms with Gasteiger partial charge in [0.2, 0.25) is 0 Å². The molecule has 0 aliphatic carbocycles. The number of rotatable bonds is 6. The number of hydrogen-bond donors (Lipinski definition) is 1. The van der Waals surface area contributed by atoms with Crippen LogP contribution in [0, 0.1) is 18.6 Å². The summed E-state index contributed by atoms with van der Waals surface area (Å²) in [6, 6.07) is 18.8. The van der Waals surface area contributed by atoms with Gasteiger partial charge in [-0.15, -0.1) is 0 Å². The maximum atomic E-state index is 14.3. The minimum atomic E-state index is -0.605. The molecule has 1 aromatic heterocycles. The smallest absolute Gasteiger partial charge is 0.271 e. The van der Waals surface area contributed by atoms with Gasteiger partial charge >= 0.3 is 0 Å². The van der Waals surface area contributed by atoms with Crippen molar-refractivity contribution < 1.29 is 13.9 Å². The van der Waals surface area contributed by atoms with Crippen molar-refractivity contribution in [3.05, 3.63) is 117 Å². The van der Waals surface area contributed by atoms with E-state index in [1.807, 2.05) is 13.8 Å². The van der Waals surface area contributed by atoms with Crippen LogP contribution in [0.25, 0.3) is 11.1 Å². The molecule has 0 aliphatic heterocycles. The highest BCUT2D eigenvalue weighted by atomic mass is 19.1. The predicted octanol–water partition coefficient (Wildman–Crippen LogP) is 6.16. The fraction of sp³-hybridized carbons (Fsp3) is 0.214. The zero-order valence-electron chi connectivity index (χ0n) is 19.3. The lowest BCUT2D eigenvalue weighted by Gasteiger charge is -2.24. The molecule has 0 fully saturated rings. The van der Waals surface area contributed by atoms with E-state index in [4.69, 9.17) is 0 Å². The van der Waals surface area contributed by atoms with Gasteiger partial charge < -0.3 is 5.11 Å². The number of nitrogens with zero attached hydrogens (tertiary/aromatic N) is 2. The molecule has 3 aromatic carbocycles. The molecule has 1 atom stereocenters. The van der Waals surface area contributed by atoms with Gasteiger partial charge in [0.15, 0.2) is 0 Å². The number of hydrogen-bond acceptors (Lipinski definition) is 3. The standard InChI is InChI=1S/C28H26F2N2O2/c1-17(2)32-28(34)27(26(18(3)31-32)23-12-4-5-13-25(23)33)24(20-9-7-11-22(30)16-20)15-19-8-6-10-21(29)14-19/h4-14,16-17,24,33H,15H2,1-3H3. The molecule has 34 heavy (non-hydrogen) atoms. The molecule has 4 nitrogen and oxygen atoms in total. The largest absolute Gasteiger partial charge is 0.507 e. The summed E-state index contributed by atoms with van der Waals surface area (Å²) in [7, 11) is 0. The molecule has 4 aromatic rings. The number of phenolic OH excluding ortho intramolecular Hbond substituents is 1. The number of phenols is 1. The third-order valence-corrected chi connectivity index (χ3v) is 5.92. The Morgan fingerprint density at radius 1 is 0.941 bits per heavy atom. The highest BCUT2D eigenvalue weighted by Crippen LogP contribution is 2.38. The van der Waals surface area contributed by atoms with Gasteiger partial charge in [-0.05, 0) is 68.7 Å². The first-order valence-corrected chi connectivity index (χ1v) is 11.2. The van der Waals surface area contributed by atoms with E-state index in [0.29, 0.717) is 33.5 Å². The number of halogens is 2. The lowest BCUT2D eigenvalue weighted by atomic mass is 9.82. The first-order chi connectivity index (χ1) is 16.3. The van der Waals surface area contributed by atoms with Crippen molar-refractivity contribution in [1.29, 1.82) is 0 Å².